The van der Waals surface area contributed by atoms with E-state index in [0.717, 1.165) is 183 Å². The quantitative estimate of drug-likeness (QED) is 0.0336. The van der Waals surface area contributed by atoms with Crippen molar-refractivity contribution in [2.24, 2.45) is 14.1 Å². The number of benzene rings is 5. The third-order valence-corrected chi connectivity index (χ3v) is 23.9. The van der Waals surface area contributed by atoms with Crippen molar-refractivity contribution < 1.29 is 81.9 Å². The van der Waals surface area contributed by atoms with Crippen LogP contribution in [0.4, 0.5) is 22.7 Å². The van der Waals surface area contributed by atoms with E-state index >= 15 is 0 Å². The summed E-state index contributed by atoms with van der Waals surface area (Å²) >= 11 is 16.7. The number of hydrogen-bond acceptors (Lipinski definition) is 31. The summed E-state index contributed by atoms with van der Waals surface area (Å²) in [6, 6.07) is 19.0. The fourth-order valence-corrected chi connectivity index (χ4v) is 16.5. The van der Waals surface area contributed by atoms with Crippen molar-refractivity contribution in [3.05, 3.63) is 203 Å². The fourth-order valence-electron chi connectivity index (χ4n) is 13.8. The summed E-state index contributed by atoms with van der Waals surface area (Å²) in [6.45, 7) is 38.0. The number of nitrogen functional groups attached to an aromatic ring is 2. The number of nitro benzene ring substituents is 2. The zero-order chi connectivity index (χ0) is 95.0. The minimum absolute atomic E-state index is 0.107. The van der Waals surface area contributed by atoms with E-state index in [1.165, 1.54) is 71.0 Å². The number of imidazole rings is 2. The maximum atomic E-state index is 11.2. The minimum atomic E-state index is -2.95. The van der Waals surface area contributed by atoms with Gasteiger partial charge < -0.3 is 75.8 Å². The molecule has 10 heterocycles. The number of methoxy groups -OCH3 is 3. The molecule has 0 aliphatic carbocycles. The molecule has 0 radical (unpaired) electrons. The van der Waals surface area contributed by atoms with E-state index < -0.39 is 29.9 Å². The van der Waals surface area contributed by atoms with Crippen molar-refractivity contribution in [1.29, 1.82) is 0 Å². The van der Waals surface area contributed by atoms with E-state index in [4.69, 9.17) is 69.3 Å². The van der Waals surface area contributed by atoms with Crippen molar-refractivity contribution >= 4 is 183 Å². The summed E-state index contributed by atoms with van der Waals surface area (Å²) in [5.41, 5.74) is 35.7. The van der Waals surface area contributed by atoms with Gasteiger partial charge in [0, 0.05) is 121 Å². The molecule has 668 valence electrons. The van der Waals surface area contributed by atoms with Gasteiger partial charge in [0.05, 0.1) is 95.6 Å². The summed E-state index contributed by atoms with van der Waals surface area (Å²) < 4.78 is 106. The molecule has 0 spiro atoms. The van der Waals surface area contributed by atoms with Crippen LogP contribution in [0.1, 0.15) is 133 Å². The molecule has 44 heteroatoms. The third kappa shape index (κ3) is 25.1. The molecule has 5 aromatic carbocycles. The number of fused-ring (bicyclic) bond motifs is 2. The van der Waals surface area contributed by atoms with Crippen LogP contribution < -0.4 is 16.9 Å². The Hall–Kier alpha value is -8.67. The van der Waals surface area contributed by atoms with E-state index in [2.05, 4.69) is 161 Å². The first-order chi connectivity index (χ1) is 59.7. The van der Waals surface area contributed by atoms with E-state index in [1.54, 1.807) is 32.9 Å². The molecular formula is C83H96BBr4N15Na2O20S2. The van der Waals surface area contributed by atoms with E-state index in [-0.39, 0.29) is 40.3 Å². The molecule has 0 amide bonds. The molecular weight excluding hydrogens is 1970 g/mol. The number of anilines is 2. The predicted octanol–water partition coefficient (Wildman–Crippen LogP) is 18.7. The van der Waals surface area contributed by atoms with Gasteiger partial charge in [0.1, 0.15) is 46.0 Å². The summed E-state index contributed by atoms with van der Waals surface area (Å²) in [5, 5.41) is 49.9. The van der Waals surface area contributed by atoms with Crippen LogP contribution >= 0.6 is 63.7 Å². The summed E-state index contributed by atoms with van der Waals surface area (Å²) in [4.78, 5) is 30.2. The first kappa shape index (κ1) is 105. The Labute approximate surface area is 797 Å². The number of ether oxygens (including phenoxy) is 3. The molecule has 1 aliphatic rings. The Kier molecular flexibility index (Phi) is 38.4. The predicted molar refractivity (Wildman–Crippen MR) is 498 cm³/mol. The number of aromatic nitrogens is 11. The number of nitrogens with two attached hydrogens (primary N) is 2. The second-order valence-electron chi connectivity index (χ2n) is 29.4. The van der Waals surface area contributed by atoms with E-state index in [0.29, 0.717) is 39.2 Å². The summed E-state index contributed by atoms with van der Waals surface area (Å²) in [6.07, 6.45) is 5.14. The molecule has 35 nitrogen and oxygen atoms in total. The van der Waals surface area contributed by atoms with Crippen LogP contribution in [-0.2, 0) is 69.0 Å². The van der Waals surface area contributed by atoms with Crippen LogP contribution in [-0.4, -0.2) is 172 Å². The SMILES string of the molecule is CCc1c(Br)cc(-c2c(C)noc2C)cc1[N+](=O)[O-].CCc1c(N)cc(-c2c(C)noc2C)cc1Br.COC(OC)OC.Cc1noc(C)c1-c1cc(-c2c(C)noc2C)c2c(c1)ncn2C.Cc1noc(C)c1-c1cc(Br)c(N)c([N+](=O)[O-])c1.Cc1noc(C)c1-c1cc(Br)c2c(c1)ncn2C.Cc1noc(C)c1B1OC(C)(C)C(C)(C)O1.O=S(=O)=S(=O)=O.[Na][Na]. The molecule has 9 aromatic heterocycles. The van der Waals surface area contributed by atoms with Crippen LogP contribution in [0.25, 0.3) is 88.8 Å². The van der Waals surface area contributed by atoms with Crippen molar-refractivity contribution in [1.82, 2.24) is 55.2 Å². The average Bonchev–Trinajstić information content (AvgIpc) is 1.62. The normalized spacial score (nSPS) is 12.2. The molecule has 0 bridgehead atoms. The Balaban J connectivity index is 0.000000203. The monoisotopic (exact) mass is 2060 g/mol. The van der Waals surface area contributed by atoms with Gasteiger partial charge in [0.15, 0.2) is 0 Å². The number of nitro groups is 2. The van der Waals surface area contributed by atoms with Gasteiger partial charge in [-0.05, 0) is 251 Å². The van der Waals surface area contributed by atoms with Gasteiger partial charge in [-0.3, -0.25) is 20.2 Å². The van der Waals surface area contributed by atoms with Gasteiger partial charge in [0.2, 0.25) is 0 Å². The molecule has 1 aliphatic heterocycles. The van der Waals surface area contributed by atoms with Crippen molar-refractivity contribution in [3.63, 3.8) is 0 Å². The molecule has 0 atom stereocenters. The molecule has 1 saturated heterocycles. The van der Waals surface area contributed by atoms with Crippen LogP contribution in [0.5, 0.6) is 0 Å². The van der Waals surface area contributed by atoms with E-state index in [9.17, 15) is 20.2 Å². The molecule has 15 rings (SSSR count). The summed E-state index contributed by atoms with van der Waals surface area (Å²) in [7, 11) is 2.23. The van der Waals surface area contributed by atoms with Gasteiger partial charge in [-0.1, -0.05) is 81.8 Å². The Morgan fingerprint density at radius 2 is 0.748 bits per heavy atom. The second-order valence-corrected chi connectivity index (χ2v) is 35.3. The van der Waals surface area contributed by atoms with Crippen molar-refractivity contribution in [2.45, 2.75) is 169 Å². The molecule has 0 saturated carbocycles. The Morgan fingerprint density at radius 3 is 1.07 bits per heavy atom. The van der Waals surface area contributed by atoms with Gasteiger partial charge >= 0.3 is 69.3 Å². The number of halogens is 4. The molecule has 14 aromatic rings. The zero-order valence-electron chi connectivity index (χ0n) is 75.5. The van der Waals surface area contributed by atoms with Crippen LogP contribution in [0.2, 0.25) is 0 Å². The standard InChI is InChI=1S/C18H18N4O2.C13H12BrN3O.C13H13BrN2O3.C13H15BrN2O.C11H18BNO3.C11H10BrN3O3.C4H10O3.2Na.O4S2/c1-9-16(11(3)23-20-9)13-6-14(17-10(2)21-24-12(17)4)18-15(7-13)19-8-22(18)5;1-7-12(8(2)18-16-7)9-4-10(14)13-11(5-9)15-6-17(13)3;1-4-10-11(14)5-9(6-12(10)16(17)18)13-7(2)15-19-8(13)3;1-4-10-11(14)5-9(6-12(10)15)13-7(2)16-17-8(13)3;1-7-9(8(2)14-13-7)12-15-10(3,4)11(5,6)16-12;1-5-10(6(2)18-14-5)7-3-8(12)11(13)9(4-7)15(16)17;1-5-4(6-2)7-3;;;1-5(2)6(3)4/h6-8H,1-5H3;4-6H,1-3H3;5-6H,4H2,1-3H3;5-6H,4,15H2,1-3H3;1-6H3;3-4H,13H2,1-2H3;4H,1-3H3;;;. The van der Waals surface area contributed by atoms with Gasteiger partial charge in [0.25, 0.3) is 17.9 Å². The number of nitrogens with zero attached hydrogens (tertiary/aromatic N) is 13. The van der Waals surface area contributed by atoms with Gasteiger partial charge in [-0.25, -0.2) is 9.97 Å². The maximum absolute atomic E-state index is 11.2. The first-order valence-electron chi connectivity index (χ1n) is 39.2. The van der Waals surface area contributed by atoms with Crippen molar-refractivity contribution in [3.8, 4) is 66.8 Å². The van der Waals surface area contributed by atoms with Crippen LogP contribution in [0.3, 0.4) is 0 Å². The Morgan fingerprint density at radius 1 is 0.441 bits per heavy atom. The number of rotatable bonds is 14. The van der Waals surface area contributed by atoms with Crippen molar-refractivity contribution in [2.75, 3.05) is 32.8 Å². The van der Waals surface area contributed by atoms with Crippen LogP contribution in [0, 0.1) is 117 Å². The average molecular weight is 2060 g/mol. The Bertz CT molecular complexity index is 6340. The topological polar surface area (TPSA) is 471 Å². The molecule has 4 N–H and O–H groups in total. The second kappa shape index (κ2) is 46.2. The van der Waals surface area contributed by atoms with E-state index in [1.807, 2.05) is 159 Å². The molecule has 1 fully saturated rings. The third-order valence-electron chi connectivity index (χ3n) is 20.4. The number of hydrogen-bond donors (Lipinski definition) is 2. The van der Waals surface area contributed by atoms with Crippen LogP contribution in [0.15, 0.2) is 123 Å². The molecule has 127 heavy (non-hydrogen) atoms. The first-order valence-corrected chi connectivity index (χ1v) is 53.0. The summed E-state index contributed by atoms with van der Waals surface area (Å²) in [5.74, 6) is 5.27. The molecule has 0 unspecified atom stereocenters. The zero-order valence-corrected chi connectivity index (χ0v) is 87.4. The number of aryl methyl sites for hydroxylation is 16. The van der Waals surface area contributed by atoms with Gasteiger partial charge in [-0.2, -0.15) is 16.8 Å². The fraction of sp³-hybridized carbons (Fsp3) is 0.361. The van der Waals surface area contributed by atoms with Gasteiger partial charge in [-0.15, -0.1) is 0 Å².